The maximum atomic E-state index is 10.4. The fourth-order valence-corrected chi connectivity index (χ4v) is 3.04. The van der Waals surface area contributed by atoms with Gasteiger partial charge in [0.2, 0.25) is 0 Å². The number of allylic oxidation sites excluding steroid dienone is 2. The van der Waals surface area contributed by atoms with E-state index in [0.29, 0.717) is 42.6 Å². The predicted octanol–water partition coefficient (Wildman–Crippen LogP) is 3.68. The lowest BCUT2D eigenvalue weighted by molar-refractivity contribution is 0.223. The number of rotatable bonds is 13. The van der Waals surface area contributed by atoms with Gasteiger partial charge in [0.05, 0.1) is 42.6 Å². The maximum absolute atomic E-state index is 10.4. The molecule has 0 spiro atoms. The van der Waals surface area contributed by atoms with E-state index in [0.717, 1.165) is 18.5 Å². The van der Waals surface area contributed by atoms with Crippen molar-refractivity contribution in [1.29, 1.82) is 5.41 Å². The minimum atomic E-state index is -0.0117. The van der Waals surface area contributed by atoms with Gasteiger partial charge in [-0.2, -0.15) is 4.91 Å². The first-order valence-corrected chi connectivity index (χ1v) is 10.3. The zero-order valence-electron chi connectivity index (χ0n) is 17.5. The minimum absolute atomic E-state index is 0.0117. The summed E-state index contributed by atoms with van der Waals surface area (Å²) in [6, 6.07) is 7.43. The van der Waals surface area contributed by atoms with Crippen LogP contribution >= 0.6 is 0 Å². The second-order valence-electron chi connectivity index (χ2n) is 7.01. The molecule has 162 valence electrons. The van der Waals surface area contributed by atoms with Crippen molar-refractivity contribution in [3.05, 3.63) is 52.8 Å². The molecule has 0 unspecified atom stereocenters. The molecule has 1 aromatic rings. The average molecular weight is 414 g/mol. The Kier molecular flexibility index (Phi) is 9.73. The number of aliphatic hydroxyl groups is 1. The van der Waals surface area contributed by atoms with E-state index in [4.69, 9.17) is 15.9 Å². The third-order valence-electron chi connectivity index (χ3n) is 4.68. The molecule has 4 N–H and O–H groups in total. The Morgan fingerprint density at radius 2 is 1.90 bits per heavy atom. The van der Waals surface area contributed by atoms with Crippen LogP contribution in [0.15, 0.2) is 58.0 Å². The van der Waals surface area contributed by atoms with Crippen LogP contribution in [0.1, 0.15) is 32.6 Å². The third-order valence-corrected chi connectivity index (χ3v) is 4.68. The van der Waals surface area contributed by atoms with Gasteiger partial charge in [0.1, 0.15) is 5.76 Å². The zero-order chi connectivity index (χ0) is 21.8. The van der Waals surface area contributed by atoms with Gasteiger partial charge in [-0.1, -0.05) is 31.4 Å². The number of unbranched alkanes of at least 4 members (excludes halogenated alkanes) is 3. The Bertz CT molecular complexity index is 799. The highest BCUT2D eigenvalue weighted by molar-refractivity contribution is 6.22. The number of hydrogen-bond donors (Lipinski definition) is 3. The molecular weight excluding hydrogens is 382 g/mol. The molecule has 0 amide bonds. The normalized spacial score (nSPS) is 15.0. The first-order valence-electron chi connectivity index (χ1n) is 10.3. The Morgan fingerprint density at radius 1 is 1.13 bits per heavy atom. The number of anilines is 1. The molecule has 0 atom stereocenters. The molecule has 0 saturated carbocycles. The highest BCUT2D eigenvalue weighted by Crippen LogP contribution is 2.22. The van der Waals surface area contributed by atoms with Crippen molar-refractivity contribution in [1.82, 2.24) is 0 Å². The molecule has 0 saturated heterocycles. The largest absolute Gasteiger partial charge is 0.491 e. The highest BCUT2D eigenvalue weighted by Gasteiger charge is 2.16. The van der Waals surface area contributed by atoms with Crippen LogP contribution < -0.4 is 10.6 Å². The number of nitroso groups, excluding NO2 is 1. The van der Waals surface area contributed by atoms with Gasteiger partial charge in [-0.15, -0.1) is 0 Å². The number of aliphatic hydroxyl groups excluding tert-OH is 1. The molecule has 0 bridgehead atoms. The summed E-state index contributed by atoms with van der Waals surface area (Å²) in [5.41, 5.74) is 8.86. The van der Waals surface area contributed by atoms with Crippen molar-refractivity contribution in [2.45, 2.75) is 32.6 Å². The number of aliphatic imine (C=N–C) groups is 1. The number of ether oxygens (including phenoxy) is 1. The van der Waals surface area contributed by atoms with Crippen molar-refractivity contribution < 1.29 is 9.84 Å². The third kappa shape index (κ3) is 7.11. The standard InChI is InChI=1S/C22H31N5O3/c1-2-3-4-5-14-30-22-16-21(19(23)15-20(22)24)26-17-6-8-18(9-7-17)27(12-13-28)11-10-25-29/h6-9,15-16,24,28H,2-5,10-14,23H2,1H3/b24-20?,26-21-. The molecule has 1 aliphatic carbocycles. The molecule has 0 aromatic heterocycles. The second-order valence-corrected chi connectivity index (χ2v) is 7.01. The minimum Gasteiger partial charge on any atom is -0.491 e. The van der Waals surface area contributed by atoms with Crippen LogP contribution in [-0.4, -0.2) is 49.4 Å². The molecular formula is C22H31N5O3. The van der Waals surface area contributed by atoms with E-state index in [9.17, 15) is 10.0 Å². The van der Waals surface area contributed by atoms with Gasteiger partial charge in [-0.25, -0.2) is 4.99 Å². The monoisotopic (exact) mass is 413 g/mol. The molecule has 0 fully saturated rings. The summed E-state index contributed by atoms with van der Waals surface area (Å²) < 4.78 is 5.76. The number of nitrogens with two attached hydrogens (primary N) is 1. The predicted molar refractivity (Wildman–Crippen MR) is 122 cm³/mol. The Balaban J connectivity index is 2.10. The van der Waals surface area contributed by atoms with Gasteiger partial charge in [0, 0.05) is 24.9 Å². The molecule has 2 rings (SSSR count). The van der Waals surface area contributed by atoms with Gasteiger partial charge in [-0.3, -0.25) is 5.41 Å². The molecule has 1 aromatic carbocycles. The first kappa shape index (κ1) is 23.3. The molecule has 1 aliphatic rings. The lowest BCUT2D eigenvalue weighted by Crippen LogP contribution is -2.29. The Hall–Kier alpha value is -3.00. The van der Waals surface area contributed by atoms with Crippen LogP contribution in [0.25, 0.3) is 0 Å². The van der Waals surface area contributed by atoms with Crippen molar-refractivity contribution in [3.8, 4) is 0 Å². The van der Waals surface area contributed by atoms with Crippen molar-refractivity contribution in [3.63, 3.8) is 0 Å². The summed E-state index contributed by atoms with van der Waals surface area (Å²) in [6.07, 6.45) is 7.67. The van der Waals surface area contributed by atoms with Crippen LogP contribution in [-0.2, 0) is 4.74 Å². The molecule has 8 nitrogen and oxygen atoms in total. The summed E-state index contributed by atoms with van der Waals surface area (Å²) in [7, 11) is 0. The molecule has 8 heteroatoms. The van der Waals surface area contributed by atoms with Gasteiger partial charge in [0.15, 0.2) is 0 Å². The molecule has 0 radical (unpaired) electrons. The Labute approximate surface area is 177 Å². The maximum Gasteiger partial charge on any atom is 0.146 e. The van der Waals surface area contributed by atoms with E-state index >= 15 is 0 Å². The number of nitrogens with zero attached hydrogens (tertiary/aromatic N) is 3. The van der Waals surface area contributed by atoms with Crippen LogP contribution in [0.4, 0.5) is 11.4 Å². The van der Waals surface area contributed by atoms with Crippen LogP contribution in [0.3, 0.4) is 0 Å². The summed E-state index contributed by atoms with van der Waals surface area (Å²) in [6.45, 7) is 3.74. The number of nitrogens with one attached hydrogen (secondary N) is 1. The zero-order valence-corrected chi connectivity index (χ0v) is 17.5. The quantitative estimate of drug-likeness (QED) is 0.258. The van der Waals surface area contributed by atoms with E-state index in [-0.39, 0.29) is 18.9 Å². The number of benzene rings is 1. The lowest BCUT2D eigenvalue weighted by Gasteiger charge is -2.22. The van der Waals surface area contributed by atoms with E-state index in [2.05, 4.69) is 17.1 Å². The summed E-state index contributed by atoms with van der Waals surface area (Å²) in [5, 5.41) is 20.2. The van der Waals surface area contributed by atoms with Crippen LogP contribution in [0.5, 0.6) is 0 Å². The van der Waals surface area contributed by atoms with Gasteiger partial charge < -0.3 is 20.5 Å². The molecule has 0 heterocycles. The summed E-state index contributed by atoms with van der Waals surface area (Å²) in [4.78, 5) is 16.9. The fourth-order valence-electron chi connectivity index (χ4n) is 3.04. The summed E-state index contributed by atoms with van der Waals surface area (Å²) >= 11 is 0. The van der Waals surface area contributed by atoms with E-state index in [1.165, 1.54) is 12.8 Å². The van der Waals surface area contributed by atoms with E-state index in [1.807, 2.05) is 29.2 Å². The van der Waals surface area contributed by atoms with Gasteiger partial charge in [-0.05, 0) is 36.8 Å². The SMILES string of the molecule is CCCCCCOC1=C/C(=N/c2ccc(N(CCO)CCN=O)cc2)C(N)=CC1=N. The van der Waals surface area contributed by atoms with E-state index in [1.54, 1.807) is 12.2 Å². The van der Waals surface area contributed by atoms with Crippen molar-refractivity contribution in [2.75, 3.05) is 37.7 Å². The first-order chi connectivity index (χ1) is 14.6. The molecule has 30 heavy (non-hydrogen) atoms. The van der Waals surface area contributed by atoms with Crippen molar-refractivity contribution in [2.24, 2.45) is 15.9 Å². The van der Waals surface area contributed by atoms with Crippen molar-refractivity contribution >= 4 is 22.8 Å². The molecule has 0 aliphatic heterocycles. The topological polar surface area (TPSA) is 124 Å². The van der Waals surface area contributed by atoms with Gasteiger partial charge in [0.25, 0.3) is 0 Å². The second kappa shape index (κ2) is 12.5. The highest BCUT2D eigenvalue weighted by atomic mass is 16.5. The van der Waals surface area contributed by atoms with E-state index < -0.39 is 0 Å². The average Bonchev–Trinajstić information content (AvgIpc) is 2.74. The lowest BCUT2D eigenvalue weighted by atomic mass is 10.1. The van der Waals surface area contributed by atoms with Crippen LogP contribution in [0, 0.1) is 10.3 Å². The van der Waals surface area contributed by atoms with Crippen LogP contribution in [0.2, 0.25) is 0 Å². The smallest absolute Gasteiger partial charge is 0.146 e. The summed E-state index contributed by atoms with van der Waals surface area (Å²) in [5.74, 6) is 0.478. The number of hydrogen-bond acceptors (Lipinski definition) is 8. The fraction of sp³-hybridized carbons (Fsp3) is 0.455. The van der Waals surface area contributed by atoms with Gasteiger partial charge >= 0.3 is 0 Å². The Morgan fingerprint density at radius 3 is 2.57 bits per heavy atom.